The lowest BCUT2D eigenvalue weighted by Gasteiger charge is -2.31. The van der Waals surface area contributed by atoms with Crippen LogP contribution in [-0.2, 0) is 6.42 Å². The molecule has 126 valence electrons. The van der Waals surface area contributed by atoms with Crippen molar-refractivity contribution >= 4 is 29.0 Å². The number of hydrogen-bond acceptors (Lipinski definition) is 5. The molecule has 0 spiro atoms. The average Bonchev–Trinajstić information content (AvgIpc) is 2.61. The number of anilines is 2. The van der Waals surface area contributed by atoms with Gasteiger partial charge >= 0.3 is 0 Å². The van der Waals surface area contributed by atoms with Crippen LogP contribution >= 0.6 is 11.6 Å². The zero-order valence-electron chi connectivity index (χ0n) is 13.9. The number of fused-ring (bicyclic) bond motifs is 1. The Balaban J connectivity index is 1.99. The maximum absolute atomic E-state index is 12.9. The molecule has 24 heavy (non-hydrogen) atoms. The lowest BCUT2D eigenvalue weighted by atomic mass is 10.0. The SMILES string of the molecule is COc1ccc(Cl)c2c1N(C(=O)c1cnc(N(C)C)cn1)CCC2. The molecule has 0 saturated heterocycles. The Morgan fingerprint density at radius 3 is 2.71 bits per heavy atom. The van der Waals surface area contributed by atoms with Crippen LogP contribution in [-0.4, -0.2) is 43.6 Å². The van der Waals surface area contributed by atoms with E-state index >= 15 is 0 Å². The molecule has 1 aliphatic rings. The third-order valence-electron chi connectivity index (χ3n) is 4.05. The smallest absolute Gasteiger partial charge is 0.278 e. The summed E-state index contributed by atoms with van der Waals surface area (Å²) in [5.74, 6) is 1.14. The van der Waals surface area contributed by atoms with Crippen LogP contribution in [0.15, 0.2) is 24.5 Å². The number of halogens is 1. The van der Waals surface area contributed by atoms with Crippen LogP contribution in [0.3, 0.4) is 0 Å². The predicted molar refractivity (Wildman–Crippen MR) is 94.4 cm³/mol. The fraction of sp³-hybridized carbons (Fsp3) is 0.353. The monoisotopic (exact) mass is 346 g/mol. The minimum Gasteiger partial charge on any atom is -0.495 e. The van der Waals surface area contributed by atoms with Crippen LogP contribution in [0.4, 0.5) is 11.5 Å². The van der Waals surface area contributed by atoms with E-state index in [4.69, 9.17) is 16.3 Å². The Morgan fingerprint density at radius 2 is 2.08 bits per heavy atom. The Kier molecular flexibility index (Phi) is 4.57. The molecule has 0 N–H and O–H groups in total. The summed E-state index contributed by atoms with van der Waals surface area (Å²) >= 11 is 6.32. The first kappa shape index (κ1) is 16.5. The molecule has 1 aromatic carbocycles. The summed E-state index contributed by atoms with van der Waals surface area (Å²) in [5.41, 5.74) is 1.98. The van der Waals surface area contributed by atoms with Crippen molar-refractivity contribution in [3.63, 3.8) is 0 Å². The van der Waals surface area contributed by atoms with Crippen molar-refractivity contribution in [2.24, 2.45) is 0 Å². The topological polar surface area (TPSA) is 58.6 Å². The van der Waals surface area contributed by atoms with E-state index in [0.29, 0.717) is 28.8 Å². The van der Waals surface area contributed by atoms with Crippen molar-refractivity contribution in [3.05, 3.63) is 40.8 Å². The molecule has 0 fully saturated rings. The fourth-order valence-corrected chi connectivity index (χ4v) is 3.07. The summed E-state index contributed by atoms with van der Waals surface area (Å²) < 4.78 is 5.44. The number of carbonyl (C=O) groups excluding carboxylic acids is 1. The molecular weight excluding hydrogens is 328 g/mol. The highest BCUT2D eigenvalue weighted by atomic mass is 35.5. The van der Waals surface area contributed by atoms with Crippen molar-refractivity contribution in [2.45, 2.75) is 12.8 Å². The van der Waals surface area contributed by atoms with Crippen molar-refractivity contribution in [1.82, 2.24) is 9.97 Å². The van der Waals surface area contributed by atoms with Gasteiger partial charge in [0.2, 0.25) is 0 Å². The number of ether oxygens (including phenoxy) is 1. The zero-order valence-corrected chi connectivity index (χ0v) is 14.7. The van der Waals surface area contributed by atoms with Crippen molar-refractivity contribution in [3.8, 4) is 5.75 Å². The molecule has 0 saturated carbocycles. The Labute approximate surface area is 146 Å². The van der Waals surface area contributed by atoms with E-state index in [1.165, 1.54) is 6.20 Å². The lowest BCUT2D eigenvalue weighted by Crippen LogP contribution is -2.36. The predicted octanol–water partition coefficient (Wildman–Crippen LogP) is 2.80. The fourth-order valence-electron chi connectivity index (χ4n) is 2.82. The van der Waals surface area contributed by atoms with Gasteiger partial charge in [-0.2, -0.15) is 0 Å². The molecule has 0 radical (unpaired) electrons. The van der Waals surface area contributed by atoms with Crippen LogP contribution in [0.2, 0.25) is 5.02 Å². The molecule has 0 aliphatic carbocycles. The Hall–Kier alpha value is -2.34. The van der Waals surface area contributed by atoms with E-state index in [2.05, 4.69) is 9.97 Å². The van der Waals surface area contributed by atoms with Gasteiger partial charge in [0.1, 0.15) is 17.3 Å². The van der Waals surface area contributed by atoms with E-state index in [1.807, 2.05) is 19.0 Å². The van der Waals surface area contributed by atoms with E-state index in [0.717, 1.165) is 24.1 Å². The molecule has 0 unspecified atom stereocenters. The number of rotatable bonds is 3. The van der Waals surface area contributed by atoms with E-state index in [-0.39, 0.29) is 5.91 Å². The van der Waals surface area contributed by atoms with Gasteiger partial charge in [-0.25, -0.2) is 9.97 Å². The number of carbonyl (C=O) groups is 1. The van der Waals surface area contributed by atoms with Crippen LogP contribution in [0.1, 0.15) is 22.5 Å². The first-order valence-corrected chi connectivity index (χ1v) is 8.07. The molecule has 3 rings (SSSR count). The van der Waals surface area contributed by atoms with Gasteiger partial charge in [0.15, 0.2) is 0 Å². The van der Waals surface area contributed by atoms with E-state index < -0.39 is 0 Å². The molecule has 0 atom stereocenters. The number of hydrogen-bond donors (Lipinski definition) is 0. The summed E-state index contributed by atoms with van der Waals surface area (Å²) in [6.45, 7) is 0.597. The van der Waals surface area contributed by atoms with Gasteiger partial charge in [0.05, 0.1) is 25.2 Å². The third-order valence-corrected chi connectivity index (χ3v) is 4.40. The minimum absolute atomic E-state index is 0.200. The van der Waals surface area contributed by atoms with Gasteiger partial charge in [0.25, 0.3) is 5.91 Å². The maximum Gasteiger partial charge on any atom is 0.278 e. The minimum atomic E-state index is -0.200. The quantitative estimate of drug-likeness (QED) is 0.855. The molecule has 2 aromatic rings. The summed E-state index contributed by atoms with van der Waals surface area (Å²) in [5, 5.41) is 0.650. The third kappa shape index (κ3) is 2.89. The summed E-state index contributed by atoms with van der Waals surface area (Å²) in [4.78, 5) is 25.0. The molecule has 7 heteroatoms. The number of amides is 1. The molecule has 1 aliphatic heterocycles. The van der Waals surface area contributed by atoms with Crippen LogP contribution in [0.5, 0.6) is 5.75 Å². The second kappa shape index (κ2) is 6.65. The van der Waals surface area contributed by atoms with Crippen molar-refractivity contribution in [1.29, 1.82) is 0 Å². The second-order valence-corrected chi connectivity index (χ2v) is 6.20. The highest BCUT2D eigenvalue weighted by Gasteiger charge is 2.29. The largest absolute Gasteiger partial charge is 0.495 e. The van der Waals surface area contributed by atoms with E-state index in [1.54, 1.807) is 30.3 Å². The maximum atomic E-state index is 12.9. The molecule has 1 aromatic heterocycles. The summed E-state index contributed by atoms with van der Waals surface area (Å²) in [7, 11) is 5.34. The Morgan fingerprint density at radius 1 is 1.29 bits per heavy atom. The first-order valence-electron chi connectivity index (χ1n) is 7.69. The summed E-state index contributed by atoms with van der Waals surface area (Å²) in [6.07, 6.45) is 4.76. The molecule has 2 heterocycles. The standard InChI is InChI=1S/C17H19ClN4O2/c1-21(2)15-10-19-13(9-20-15)17(23)22-8-4-5-11-12(18)6-7-14(24-3)16(11)22/h6-7,9-10H,4-5,8H2,1-3H3. The van der Waals surface area contributed by atoms with Crippen molar-refractivity contribution < 1.29 is 9.53 Å². The van der Waals surface area contributed by atoms with Gasteiger partial charge in [-0.1, -0.05) is 11.6 Å². The van der Waals surface area contributed by atoms with Gasteiger partial charge in [-0.05, 0) is 30.5 Å². The number of nitrogens with zero attached hydrogens (tertiary/aromatic N) is 4. The highest BCUT2D eigenvalue weighted by Crippen LogP contribution is 2.40. The molecule has 0 bridgehead atoms. The zero-order chi connectivity index (χ0) is 17.3. The van der Waals surface area contributed by atoms with Gasteiger partial charge < -0.3 is 14.5 Å². The van der Waals surface area contributed by atoms with Gasteiger partial charge in [-0.15, -0.1) is 0 Å². The van der Waals surface area contributed by atoms with Crippen LogP contribution in [0, 0.1) is 0 Å². The average molecular weight is 347 g/mol. The molecule has 1 amide bonds. The van der Waals surface area contributed by atoms with Crippen molar-refractivity contribution in [2.75, 3.05) is 37.5 Å². The number of aromatic nitrogens is 2. The number of methoxy groups -OCH3 is 1. The van der Waals surface area contributed by atoms with E-state index in [9.17, 15) is 4.79 Å². The van der Waals surface area contributed by atoms with Crippen LogP contribution in [0.25, 0.3) is 0 Å². The normalized spacial score (nSPS) is 13.4. The molecular formula is C17H19ClN4O2. The van der Waals surface area contributed by atoms with Gasteiger partial charge in [0, 0.05) is 25.7 Å². The molecule has 6 nitrogen and oxygen atoms in total. The first-order chi connectivity index (χ1) is 11.5. The van der Waals surface area contributed by atoms with Gasteiger partial charge in [-0.3, -0.25) is 4.79 Å². The second-order valence-electron chi connectivity index (χ2n) is 5.79. The van der Waals surface area contributed by atoms with Crippen LogP contribution < -0.4 is 14.5 Å². The lowest BCUT2D eigenvalue weighted by molar-refractivity contribution is 0.0979. The summed E-state index contributed by atoms with van der Waals surface area (Å²) in [6, 6.07) is 3.59. The highest BCUT2D eigenvalue weighted by molar-refractivity contribution is 6.32. The Bertz CT molecular complexity index is 762. The number of benzene rings is 1.